The Kier molecular flexibility index (Phi) is 2.98. The second-order valence-electron chi connectivity index (χ2n) is 4.62. The highest BCUT2D eigenvalue weighted by atomic mass is 16.2. The van der Waals surface area contributed by atoms with E-state index in [1.807, 2.05) is 6.07 Å². The molecule has 2 heterocycles. The molecule has 1 aliphatic rings. The summed E-state index contributed by atoms with van der Waals surface area (Å²) in [7, 11) is 0. The number of rotatable bonds is 3. The molecule has 1 amide bonds. The summed E-state index contributed by atoms with van der Waals surface area (Å²) in [5, 5.41) is 8.39. The highest BCUT2D eigenvalue weighted by molar-refractivity contribution is 5.77. The fraction of sp³-hybridized carbons (Fsp3) is 0.385. The lowest BCUT2D eigenvalue weighted by Gasteiger charge is -2.30. The molecule has 6 nitrogen and oxygen atoms in total. The zero-order valence-electron chi connectivity index (χ0n) is 10.5. The van der Waals surface area contributed by atoms with Gasteiger partial charge < -0.3 is 4.90 Å². The van der Waals surface area contributed by atoms with Crippen molar-refractivity contribution in [1.29, 1.82) is 0 Å². The first-order valence-corrected chi connectivity index (χ1v) is 6.36. The number of likely N-dealkylation sites (tertiary alicyclic amines) is 1. The molecule has 0 spiro atoms. The number of benzene rings is 1. The van der Waals surface area contributed by atoms with Gasteiger partial charge in [0.25, 0.3) is 5.56 Å². The molecule has 0 aliphatic carbocycles. The summed E-state index contributed by atoms with van der Waals surface area (Å²) in [6.45, 7) is 1.94. The van der Waals surface area contributed by atoms with Crippen molar-refractivity contribution in [1.82, 2.24) is 19.9 Å². The molecule has 1 aromatic carbocycles. The van der Waals surface area contributed by atoms with Gasteiger partial charge in [-0.1, -0.05) is 17.3 Å². The molecule has 1 fully saturated rings. The van der Waals surface area contributed by atoms with Crippen molar-refractivity contribution in [3.8, 4) is 0 Å². The van der Waals surface area contributed by atoms with Crippen LogP contribution in [0.25, 0.3) is 10.9 Å². The first kappa shape index (κ1) is 11.8. The maximum atomic E-state index is 12.1. The highest BCUT2D eigenvalue weighted by Gasteiger charge is 2.19. The van der Waals surface area contributed by atoms with E-state index in [9.17, 15) is 9.59 Å². The molecule has 98 valence electrons. The fourth-order valence-corrected chi connectivity index (χ4v) is 2.10. The van der Waals surface area contributed by atoms with Gasteiger partial charge in [-0.2, -0.15) is 0 Å². The first-order chi connectivity index (χ1) is 9.25. The fourth-order valence-electron chi connectivity index (χ4n) is 2.10. The summed E-state index contributed by atoms with van der Waals surface area (Å²) in [5.41, 5.74) is 0.389. The van der Waals surface area contributed by atoms with Gasteiger partial charge >= 0.3 is 0 Å². The molecule has 6 heteroatoms. The SMILES string of the molecule is O=C(CCn1nnc2ccccc2c1=O)N1CCC1. The molecule has 0 saturated carbocycles. The van der Waals surface area contributed by atoms with Crippen LogP contribution in [0.5, 0.6) is 0 Å². The number of aryl methyl sites for hydroxylation is 1. The highest BCUT2D eigenvalue weighted by Crippen LogP contribution is 2.08. The van der Waals surface area contributed by atoms with Gasteiger partial charge in [-0.15, -0.1) is 5.10 Å². The quantitative estimate of drug-likeness (QED) is 0.800. The molecular weight excluding hydrogens is 244 g/mol. The number of amides is 1. The normalized spacial score (nSPS) is 14.4. The molecule has 1 saturated heterocycles. The Morgan fingerprint density at radius 1 is 1.26 bits per heavy atom. The number of hydrogen-bond acceptors (Lipinski definition) is 4. The van der Waals surface area contributed by atoms with Gasteiger partial charge in [-0.25, -0.2) is 4.68 Å². The van der Waals surface area contributed by atoms with E-state index in [1.165, 1.54) is 4.68 Å². The van der Waals surface area contributed by atoms with Crippen LogP contribution in [0.2, 0.25) is 0 Å². The third-order valence-electron chi connectivity index (χ3n) is 3.38. The number of aromatic nitrogens is 3. The van der Waals surface area contributed by atoms with Crippen molar-refractivity contribution in [3.63, 3.8) is 0 Å². The van der Waals surface area contributed by atoms with Gasteiger partial charge in [0.2, 0.25) is 5.91 Å². The Bertz CT molecular complexity index is 676. The van der Waals surface area contributed by atoms with E-state index < -0.39 is 0 Å². The molecule has 2 aromatic rings. The van der Waals surface area contributed by atoms with Crippen LogP contribution in [-0.4, -0.2) is 38.9 Å². The van der Waals surface area contributed by atoms with Gasteiger partial charge in [-0.05, 0) is 18.6 Å². The number of hydrogen-bond donors (Lipinski definition) is 0. The molecule has 0 bridgehead atoms. The van der Waals surface area contributed by atoms with Crippen LogP contribution in [0.1, 0.15) is 12.8 Å². The Balaban J connectivity index is 1.79. The summed E-state index contributed by atoms with van der Waals surface area (Å²) in [6.07, 6.45) is 1.37. The van der Waals surface area contributed by atoms with Crippen molar-refractivity contribution in [3.05, 3.63) is 34.6 Å². The number of fused-ring (bicyclic) bond motifs is 1. The lowest BCUT2D eigenvalue weighted by molar-refractivity contribution is -0.134. The van der Waals surface area contributed by atoms with Gasteiger partial charge in [0.05, 0.1) is 11.9 Å². The molecular formula is C13H14N4O2. The number of carbonyl (C=O) groups excluding carboxylic acids is 1. The maximum absolute atomic E-state index is 12.1. The predicted molar refractivity (Wildman–Crippen MR) is 69.6 cm³/mol. The molecule has 0 unspecified atom stereocenters. The standard InChI is InChI=1S/C13H14N4O2/c18-12(16-7-3-8-16)6-9-17-13(19)10-4-1-2-5-11(10)14-15-17/h1-2,4-5H,3,6-9H2. The van der Waals surface area contributed by atoms with E-state index in [2.05, 4.69) is 10.3 Å². The molecule has 19 heavy (non-hydrogen) atoms. The third kappa shape index (κ3) is 2.21. The van der Waals surface area contributed by atoms with E-state index in [0.717, 1.165) is 19.5 Å². The monoisotopic (exact) mass is 258 g/mol. The average molecular weight is 258 g/mol. The van der Waals surface area contributed by atoms with Crippen LogP contribution in [0, 0.1) is 0 Å². The molecule has 3 rings (SSSR count). The van der Waals surface area contributed by atoms with Crippen LogP contribution in [-0.2, 0) is 11.3 Å². The summed E-state index contributed by atoms with van der Waals surface area (Å²) < 4.78 is 1.26. The minimum atomic E-state index is -0.193. The van der Waals surface area contributed by atoms with Crippen molar-refractivity contribution in [2.24, 2.45) is 0 Å². The molecule has 0 radical (unpaired) electrons. The van der Waals surface area contributed by atoms with E-state index >= 15 is 0 Å². The van der Waals surface area contributed by atoms with E-state index in [4.69, 9.17) is 0 Å². The number of nitrogens with zero attached hydrogens (tertiary/aromatic N) is 4. The second-order valence-corrected chi connectivity index (χ2v) is 4.62. The van der Waals surface area contributed by atoms with Gasteiger partial charge in [0.1, 0.15) is 5.52 Å². The van der Waals surface area contributed by atoms with E-state index in [0.29, 0.717) is 17.3 Å². The average Bonchev–Trinajstić information content (AvgIpc) is 2.36. The summed E-state index contributed by atoms with van der Waals surface area (Å²) in [6, 6.07) is 7.08. The topological polar surface area (TPSA) is 68.1 Å². The van der Waals surface area contributed by atoms with Crippen molar-refractivity contribution in [2.45, 2.75) is 19.4 Å². The van der Waals surface area contributed by atoms with Crippen LogP contribution in [0.4, 0.5) is 0 Å². The summed E-state index contributed by atoms with van der Waals surface area (Å²) in [5.74, 6) is 0.0770. The lowest BCUT2D eigenvalue weighted by atomic mass is 10.2. The van der Waals surface area contributed by atoms with Crippen molar-refractivity contribution in [2.75, 3.05) is 13.1 Å². The molecule has 1 aliphatic heterocycles. The lowest BCUT2D eigenvalue weighted by Crippen LogP contribution is -2.42. The van der Waals surface area contributed by atoms with E-state index in [-0.39, 0.29) is 18.0 Å². The Labute approximate surface area is 109 Å². The Morgan fingerprint density at radius 3 is 2.79 bits per heavy atom. The van der Waals surface area contributed by atoms with E-state index in [1.54, 1.807) is 23.1 Å². The van der Waals surface area contributed by atoms with Gasteiger partial charge in [-0.3, -0.25) is 9.59 Å². The van der Waals surface area contributed by atoms with Crippen LogP contribution in [0.3, 0.4) is 0 Å². The van der Waals surface area contributed by atoms with Crippen LogP contribution in [0.15, 0.2) is 29.1 Å². The van der Waals surface area contributed by atoms with Gasteiger partial charge in [0.15, 0.2) is 0 Å². The maximum Gasteiger partial charge on any atom is 0.277 e. The van der Waals surface area contributed by atoms with Crippen molar-refractivity contribution >= 4 is 16.8 Å². The summed E-state index contributed by atoms with van der Waals surface area (Å²) >= 11 is 0. The first-order valence-electron chi connectivity index (χ1n) is 6.36. The molecule has 0 atom stereocenters. The van der Waals surface area contributed by atoms with Crippen LogP contribution < -0.4 is 5.56 Å². The number of carbonyl (C=O) groups is 1. The minimum Gasteiger partial charge on any atom is -0.343 e. The third-order valence-corrected chi connectivity index (χ3v) is 3.38. The second kappa shape index (κ2) is 4.79. The largest absolute Gasteiger partial charge is 0.343 e. The van der Waals surface area contributed by atoms with Gasteiger partial charge in [0, 0.05) is 19.5 Å². The summed E-state index contributed by atoms with van der Waals surface area (Å²) in [4.78, 5) is 25.7. The zero-order chi connectivity index (χ0) is 13.2. The van der Waals surface area contributed by atoms with Crippen LogP contribution >= 0.6 is 0 Å². The smallest absolute Gasteiger partial charge is 0.277 e. The molecule has 1 aromatic heterocycles. The molecule has 0 N–H and O–H groups in total. The Morgan fingerprint density at radius 2 is 2.05 bits per heavy atom. The zero-order valence-corrected chi connectivity index (χ0v) is 10.5. The Hall–Kier alpha value is -2.24. The van der Waals surface area contributed by atoms with Crippen molar-refractivity contribution < 1.29 is 4.79 Å². The predicted octanol–water partition coefficient (Wildman–Crippen LogP) is 0.414. The minimum absolute atomic E-state index is 0.0770.